The van der Waals surface area contributed by atoms with Crippen LogP contribution in [0.2, 0.25) is 0 Å². The molecule has 2 rings (SSSR count). The second kappa shape index (κ2) is 2.61. The zero-order valence-corrected chi connectivity index (χ0v) is 7.23. The maximum absolute atomic E-state index is 9.53. The largest absolute Gasteiger partial charge is 0.390 e. The second-order valence-corrected chi connectivity index (χ2v) is 4.14. The van der Waals surface area contributed by atoms with Crippen LogP contribution in [0.15, 0.2) is 16.8 Å². The molecule has 1 nitrogen and oxygen atoms in total. The second-order valence-electron chi connectivity index (χ2n) is 3.36. The van der Waals surface area contributed by atoms with Gasteiger partial charge in [0.05, 0.1) is 5.60 Å². The molecule has 0 atom stereocenters. The first-order valence-corrected chi connectivity index (χ1v) is 4.96. The maximum Gasteiger partial charge on any atom is 0.0653 e. The fraction of sp³-hybridized carbons (Fsp3) is 0.556. The zero-order chi connectivity index (χ0) is 7.73. The molecule has 0 spiro atoms. The summed E-state index contributed by atoms with van der Waals surface area (Å²) in [5.41, 5.74) is 1.09. The number of thiophene rings is 1. The van der Waals surface area contributed by atoms with E-state index in [4.69, 9.17) is 0 Å². The summed E-state index contributed by atoms with van der Waals surface area (Å²) in [4.78, 5) is 0. The Morgan fingerprint density at radius 1 is 1.55 bits per heavy atom. The summed E-state index contributed by atoms with van der Waals surface area (Å²) in [5.74, 6) is 0. The topological polar surface area (TPSA) is 20.2 Å². The minimum absolute atomic E-state index is 0.276. The monoisotopic (exact) mass is 168 g/mol. The first-order chi connectivity index (χ1) is 5.29. The molecular weight excluding hydrogens is 156 g/mol. The lowest BCUT2D eigenvalue weighted by molar-refractivity contribution is 0.140. The van der Waals surface area contributed by atoms with E-state index in [2.05, 4.69) is 16.8 Å². The fourth-order valence-corrected chi connectivity index (χ4v) is 1.91. The van der Waals surface area contributed by atoms with Gasteiger partial charge in [0, 0.05) is 0 Å². The molecule has 1 aromatic rings. The molecule has 1 aliphatic rings. The Morgan fingerprint density at radius 2 is 2.36 bits per heavy atom. The van der Waals surface area contributed by atoms with E-state index in [1.165, 1.54) is 5.56 Å². The van der Waals surface area contributed by atoms with E-state index in [0.29, 0.717) is 0 Å². The van der Waals surface area contributed by atoms with Crippen molar-refractivity contribution in [1.82, 2.24) is 0 Å². The van der Waals surface area contributed by atoms with Gasteiger partial charge >= 0.3 is 0 Å². The number of hydrogen-bond donors (Lipinski definition) is 1. The maximum atomic E-state index is 9.53. The molecule has 2 heteroatoms. The van der Waals surface area contributed by atoms with Crippen molar-refractivity contribution in [1.29, 1.82) is 0 Å². The van der Waals surface area contributed by atoms with Crippen LogP contribution in [0.4, 0.5) is 0 Å². The lowest BCUT2D eigenvalue weighted by atomic mass is 10.1. The van der Waals surface area contributed by atoms with Crippen LogP contribution in [-0.4, -0.2) is 10.7 Å². The number of aryl methyl sites for hydroxylation is 1. The van der Waals surface area contributed by atoms with E-state index in [0.717, 1.165) is 25.7 Å². The SMILES string of the molecule is OC1(CCc2ccsc2)CC1. The van der Waals surface area contributed by atoms with Gasteiger partial charge in [0.1, 0.15) is 0 Å². The van der Waals surface area contributed by atoms with Crippen molar-refractivity contribution in [2.45, 2.75) is 31.3 Å². The number of hydrogen-bond acceptors (Lipinski definition) is 2. The van der Waals surface area contributed by atoms with Gasteiger partial charge in [-0.15, -0.1) is 0 Å². The van der Waals surface area contributed by atoms with Crippen molar-refractivity contribution >= 4 is 11.3 Å². The minimum atomic E-state index is -0.276. The summed E-state index contributed by atoms with van der Waals surface area (Å²) >= 11 is 1.73. The predicted molar refractivity (Wildman–Crippen MR) is 46.8 cm³/mol. The molecule has 0 amide bonds. The van der Waals surface area contributed by atoms with Crippen LogP contribution in [-0.2, 0) is 6.42 Å². The van der Waals surface area contributed by atoms with Gasteiger partial charge < -0.3 is 5.11 Å². The highest BCUT2D eigenvalue weighted by atomic mass is 32.1. The summed E-state index contributed by atoms with van der Waals surface area (Å²) in [6, 6.07) is 2.14. The molecule has 1 heterocycles. The summed E-state index contributed by atoms with van der Waals surface area (Å²) in [7, 11) is 0. The molecule has 0 aliphatic heterocycles. The fourth-order valence-electron chi connectivity index (χ4n) is 1.21. The van der Waals surface area contributed by atoms with Gasteiger partial charge in [-0.2, -0.15) is 11.3 Å². The van der Waals surface area contributed by atoms with E-state index < -0.39 is 0 Å². The van der Waals surface area contributed by atoms with Gasteiger partial charge in [0.15, 0.2) is 0 Å². The zero-order valence-electron chi connectivity index (χ0n) is 6.42. The van der Waals surface area contributed by atoms with Crippen LogP contribution in [0, 0.1) is 0 Å². The van der Waals surface area contributed by atoms with Crippen LogP contribution in [0.1, 0.15) is 24.8 Å². The standard InChI is InChI=1S/C9H12OS/c10-9(4-5-9)3-1-8-2-6-11-7-8/h2,6-7,10H,1,3-5H2. The van der Waals surface area contributed by atoms with E-state index in [1.54, 1.807) is 11.3 Å². The van der Waals surface area contributed by atoms with Crippen LogP contribution in [0.25, 0.3) is 0 Å². The molecule has 0 aromatic carbocycles. The van der Waals surface area contributed by atoms with Crippen LogP contribution < -0.4 is 0 Å². The highest BCUT2D eigenvalue weighted by Gasteiger charge is 2.39. The van der Waals surface area contributed by atoms with Crippen LogP contribution in [0.3, 0.4) is 0 Å². The molecule has 1 aromatic heterocycles. The average Bonchev–Trinajstić information content (AvgIpc) is 2.53. The lowest BCUT2D eigenvalue weighted by Crippen LogP contribution is -2.07. The third-order valence-electron chi connectivity index (χ3n) is 2.29. The van der Waals surface area contributed by atoms with Crippen molar-refractivity contribution in [3.8, 4) is 0 Å². The van der Waals surface area contributed by atoms with Crippen molar-refractivity contribution < 1.29 is 5.11 Å². The minimum Gasteiger partial charge on any atom is -0.390 e. The Balaban J connectivity index is 1.83. The molecule has 1 aliphatic carbocycles. The van der Waals surface area contributed by atoms with Gasteiger partial charge in [-0.05, 0) is 48.1 Å². The van der Waals surface area contributed by atoms with Crippen molar-refractivity contribution in [2.24, 2.45) is 0 Å². The lowest BCUT2D eigenvalue weighted by Gasteiger charge is -2.04. The first-order valence-electron chi connectivity index (χ1n) is 4.02. The van der Waals surface area contributed by atoms with E-state index in [-0.39, 0.29) is 5.60 Å². The molecule has 11 heavy (non-hydrogen) atoms. The summed E-state index contributed by atoms with van der Waals surface area (Å²) < 4.78 is 0. The molecule has 60 valence electrons. The Morgan fingerprint density at radius 3 is 2.91 bits per heavy atom. The van der Waals surface area contributed by atoms with E-state index in [9.17, 15) is 5.11 Å². The predicted octanol–water partition coefficient (Wildman–Crippen LogP) is 2.21. The molecule has 0 bridgehead atoms. The quantitative estimate of drug-likeness (QED) is 0.733. The smallest absolute Gasteiger partial charge is 0.0653 e. The number of rotatable bonds is 3. The van der Waals surface area contributed by atoms with E-state index >= 15 is 0 Å². The van der Waals surface area contributed by atoms with Crippen LogP contribution >= 0.6 is 11.3 Å². The molecular formula is C9H12OS. The summed E-state index contributed by atoms with van der Waals surface area (Å²) in [6.07, 6.45) is 4.01. The molecule has 0 radical (unpaired) electrons. The third kappa shape index (κ3) is 1.82. The van der Waals surface area contributed by atoms with Crippen molar-refractivity contribution in [2.75, 3.05) is 0 Å². The summed E-state index contributed by atoms with van der Waals surface area (Å²) in [5, 5.41) is 13.8. The Kier molecular flexibility index (Phi) is 1.74. The molecule has 1 saturated carbocycles. The highest BCUT2D eigenvalue weighted by molar-refractivity contribution is 7.07. The van der Waals surface area contributed by atoms with Gasteiger partial charge in [-0.1, -0.05) is 0 Å². The molecule has 1 fully saturated rings. The van der Waals surface area contributed by atoms with E-state index in [1.807, 2.05) is 0 Å². The van der Waals surface area contributed by atoms with Gasteiger partial charge in [0.2, 0.25) is 0 Å². The third-order valence-corrected chi connectivity index (χ3v) is 3.02. The van der Waals surface area contributed by atoms with Crippen molar-refractivity contribution in [3.05, 3.63) is 22.4 Å². The van der Waals surface area contributed by atoms with Gasteiger partial charge in [0.25, 0.3) is 0 Å². The molecule has 0 unspecified atom stereocenters. The summed E-state index contributed by atoms with van der Waals surface area (Å²) in [6.45, 7) is 0. The normalized spacial score (nSPS) is 20.1. The Labute approximate surface area is 70.7 Å². The van der Waals surface area contributed by atoms with Crippen molar-refractivity contribution in [3.63, 3.8) is 0 Å². The van der Waals surface area contributed by atoms with Crippen LogP contribution in [0.5, 0.6) is 0 Å². The molecule has 1 N–H and O–H groups in total. The Bertz CT molecular complexity index is 224. The first kappa shape index (κ1) is 7.32. The Hall–Kier alpha value is -0.340. The average molecular weight is 168 g/mol. The van der Waals surface area contributed by atoms with Gasteiger partial charge in [-0.25, -0.2) is 0 Å². The highest BCUT2D eigenvalue weighted by Crippen LogP contribution is 2.39. The molecule has 0 saturated heterocycles. The number of aliphatic hydroxyl groups is 1. The van der Waals surface area contributed by atoms with Gasteiger partial charge in [-0.3, -0.25) is 0 Å².